The number of likely N-dealkylation sites (N-methyl/N-ethyl adjacent to an activating group) is 1. The number of hydrogen-bond acceptors (Lipinski definition) is 7. The fourth-order valence-corrected chi connectivity index (χ4v) is 13.3. The summed E-state index contributed by atoms with van der Waals surface area (Å²) in [7, 11) is 1.50. The van der Waals surface area contributed by atoms with Crippen molar-refractivity contribution in [3.05, 3.63) is 48.6 Å². The highest BCUT2D eigenvalue weighted by Crippen LogP contribution is 2.43. The molecule has 2 unspecified atom stereocenters. The zero-order valence-corrected chi connectivity index (χ0v) is 64.4. The first-order chi connectivity index (χ1) is 46.0. The van der Waals surface area contributed by atoms with Crippen LogP contribution < -0.4 is 0 Å². The summed E-state index contributed by atoms with van der Waals surface area (Å²) in [5.41, 5.74) is 0. The highest BCUT2D eigenvalue weighted by Gasteiger charge is 2.27. The number of nitrogens with zero attached hydrogens (tertiary/aromatic N) is 1. The van der Waals surface area contributed by atoms with E-state index in [1.807, 2.05) is 21.1 Å². The third-order valence-corrected chi connectivity index (χ3v) is 19.9. The van der Waals surface area contributed by atoms with Crippen LogP contribution in [0.2, 0.25) is 0 Å². The summed E-state index contributed by atoms with van der Waals surface area (Å²) < 4.78 is 34.9. The first-order valence-corrected chi connectivity index (χ1v) is 42.9. The van der Waals surface area contributed by atoms with Crippen molar-refractivity contribution in [3.63, 3.8) is 0 Å². The largest absolute Gasteiger partial charge is 0.472 e. The minimum Gasteiger partial charge on any atom is -0.462 e. The normalized spacial score (nSPS) is 13.2. The van der Waals surface area contributed by atoms with Gasteiger partial charge in [0.25, 0.3) is 0 Å². The smallest absolute Gasteiger partial charge is 0.462 e. The molecule has 0 aliphatic heterocycles. The van der Waals surface area contributed by atoms with E-state index in [4.69, 9.17) is 18.5 Å². The number of allylic oxidation sites excluding steroid dienone is 8. The molecule has 0 aromatic carbocycles. The van der Waals surface area contributed by atoms with Crippen LogP contribution in [0.25, 0.3) is 0 Å². The second-order valence-corrected chi connectivity index (χ2v) is 30.9. The van der Waals surface area contributed by atoms with Crippen LogP contribution in [0.1, 0.15) is 425 Å². The van der Waals surface area contributed by atoms with Crippen molar-refractivity contribution in [3.8, 4) is 0 Å². The molecule has 0 aromatic rings. The van der Waals surface area contributed by atoms with E-state index in [0.29, 0.717) is 23.9 Å². The molecular weight excluding hydrogens is 1180 g/mol. The highest BCUT2D eigenvalue weighted by molar-refractivity contribution is 7.47. The fourth-order valence-electron chi connectivity index (χ4n) is 12.6. The van der Waals surface area contributed by atoms with Gasteiger partial charge < -0.3 is 18.9 Å². The number of esters is 2. The van der Waals surface area contributed by atoms with Crippen molar-refractivity contribution in [2.75, 3.05) is 47.5 Å². The van der Waals surface area contributed by atoms with Gasteiger partial charge in [0, 0.05) is 12.8 Å². The van der Waals surface area contributed by atoms with E-state index in [9.17, 15) is 19.0 Å². The van der Waals surface area contributed by atoms with Gasteiger partial charge in [-0.25, -0.2) is 4.57 Å². The molecule has 0 radical (unpaired) electrons. The number of carbonyl (C=O) groups excluding carboxylic acids is 2. The Hall–Kier alpha value is -2.03. The molecule has 94 heavy (non-hydrogen) atoms. The van der Waals surface area contributed by atoms with Crippen molar-refractivity contribution in [2.45, 2.75) is 431 Å². The molecule has 0 aliphatic carbocycles. The van der Waals surface area contributed by atoms with E-state index in [-0.39, 0.29) is 25.6 Å². The zero-order chi connectivity index (χ0) is 68.3. The molecule has 554 valence electrons. The minimum atomic E-state index is -4.39. The first kappa shape index (κ1) is 92.0. The Morgan fingerprint density at radius 1 is 0.340 bits per heavy atom. The molecule has 1 N–H and O–H groups in total. The van der Waals surface area contributed by atoms with Crippen LogP contribution in [0.5, 0.6) is 0 Å². The lowest BCUT2D eigenvalue weighted by atomic mass is 10.0. The summed E-state index contributed by atoms with van der Waals surface area (Å²) in [6, 6.07) is 0. The zero-order valence-electron chi connectivity index (χ0n) is 63.5. The first-order valence-electron chi connectivity index (χ1n) is 41.4. The van der Waals surface area contributed by atoms with E-state index in [0.717, 1.165) is 57.8 Å². The Bertz CT molecular complexity index is 1720. The lowest BCUT2D eigenvalue weighted by Gasteiger charge is -2.24. The van der Waals surface area contributed by atoms with Gasteiger partial charge in [-0.1, -0.05) is 409 Å². The van der Waals surface area contributed by atoms with Crippen molar-refractivity contribution in [1.82, 2.24) is 0 Å². The summed E-state index contributed by atoms with van der Waals surface area (Å²) >= 11 is 0. The molecule has 0 aliphatic rings. The second-order valence-electron chi connectivity index (χ2n) is 29.5. The van der Waals surface area contributed by atoms with Gasteiger partial charge in [-0.05, 0) is 51.4 Å². The molecule has 0 bridgehead atoms. The van der Waals surface area contributed by atoms with Crippen molar-refractivity contribution < 1.29 is 42.1 Å². The number of phosphoric ester groups is 1. The van der Waals surface area contributed by atoms with Crippen LogP contribution in [0, 0.1) is 0 Å². The number of hydrogen-bond donors (Lipinski definition) is 1. The minimum absolute atomic E-state index is 0.0348. The predicted octanol–water partition coefficient (Wildman–Crippen LogP) is 27.5. The highest BCUT2D eigenvalue weighted by atomic mass is 31.2. The molecule has 0 fully saturated rings. The maximum absolute atomic E-state index is 12.9. The average molecular weight is 1340 g/mol. The van der Waals surface area contributed by atoms with E-state index in [2.05, 4.69) is 62.5 Å². The summed E-state index contributed by atoms with van der Waals surface area (Å²) in [4.78, 5) is 36.0. The Balaban J connectivity index is 3.88. The van der Waals surface area contributed by atoms with Crippen molar-refractivity contribution in [2.24, 2.45) is 0 Å². The van der Waals surface area contributed by atoms with E-state index < -0.39 is 26.5 Å². The monoisotopic (exact) mass is 1340 g/mol. The van der Waals surface area contributed by atoms with Crippen LogP contribution in [0.15, 0.2) is 48.6 Å². The van der Waals surface area contributed by atoms with Crippen LogP contribution in [-0.4, -0.2) is 74.9 Å². The predicted molar refractivity (Wildman–Crippen MR) is 409 cm³/mol. The van der Waals surface area contributed by atoms with Crippen LogP contribution >= 0.6 is 7.82 Å². The van der Waals surface area contributed by atoms with Gasteiger partial charge in [-0.3, -0.25) is 18.6 Å². The standard InChI is InChI=1S/C84H160NO8P/c1-6-8-10-12-14-16-18-20-22-24-26-28-30-32-34-36-38-40-41-42-43-45-46-48-50-52-54-56-58-60-62-64-66-68-70-72-74-76-83(86)90-80-82(81-92-94(88,89)91-79-78-85(3,4)5)93-84(87)77-75-73-71-69-67-65-63-61-59-57-55-53-51-49-47-44-39-37-35-33-31-29-27-25-23-21-19-17-15-13-11-9-7-2/h9,11,15,17,21,23,27,29,82H,6-8,10,12-14,16,18-20,22,24-26,28,30-81H2,1-5H3/p+1/b11-9-,17-15-,23-21-,29-27-. The van der Waals surface area contributed by atoms with Crippen LogP contribution in [0.3, 0.4) is 0 Å². The lowest BCUT2D eigenvalue weighted by molar-refractivity contribution is -0.870. The van der Waals surface area contributed by atoms with E-state index in [1.165, 1.54) is 334 Å². The average Bonchev–Trinajstić information content (AvgIpc) is 1.56. The summed E-state index contributed by atoms with van der Waals surface area (Å²) in [5, 5.41) is 0. The van der Waals surface area contributed by atoms with Gasteiger partial charge >= 0.3 is 19.8 Å². The number of carbonyl (C=O) groups is 2. The number of unbranched alkanes of at least 4 members (excludes halogenated alkanes) is 56. The molecule has 0 saturated heterocycles. The van der Waals surface area contributed by atoms with Crippen molar-refractivity contribution >= 4 is 19.8 Å². The van der Waals surface area contributed by atoms with Gasteiger partial charge in [0.05, 0.1) is 27.7 Å². The fraction of sp³-hybridized carbons (Fsp3) is 0.881. The van der Waals surface area contributed by atoms with E-state index in [1.54, 1.807) is 0 Å². The molecule has 0 heterocycles. The molecule has 0 aromatic heterocycles. The maximum Gasteiger partial charge on any atom is 0.472 e. The quantitative estimate of drug-likeness (QED) is 0.0211. The van der Waals surface area contributed by atoms with Gasteiger partial charge in [0.2, 0.25) is 0 Å². The maximum atomic E-state index is 12.9. The lowest BCUT2D eigenvalue weighted by Crippen LogP contribution is -2.37. The van der Waals surface area contributed by atoms with Gasteiger partial charge in [-0.2, -0.15) is 0 Å². The second kappa shape index (κ2) is 75.2. The van der Waals surface area contributed by atoms with Gasteiger partial charge in [-0.15, -0.1) is 0 Å². The molecule has 0 amide bonds. The van der Waals surface area contributed by atoms with Crippen LogP contribution in [0.4, 0.5) is 0 Å². The Morgan fingerprint density at radius 3 is 0.904 bits per heavy atom. The molecular formula is C84H161NO8P+. The summed E-state index contributed by atoms with van der Waals surface area (Å²) in [5.74, 6) is -0.771. The number of rotatable bonds is 78. The molecule has 2 atom stereocenters. The Labute approximate surface area is 585 Å². The molecule has 10 heteroatoms. The van der Waals surface area contributed by atoms with Crippen LogP contribution in [-0.2, 0) is 32.7 Å². The number of quaternary nitrogens is 1. The van der Waals surface area contributed by atoms with E-state index >= 15 is 0 Å². The van der Waals surface area contributed by atoms with Gasteiger partial charge in [0.1, 0.15) is 19.8 Å². The number of ether oxygens (including phenoxy) is 2. The van der Waals surface area contributed by atoms with Gasteiger partial charge in [0.15, 0.2) is 6.10 Å². The summed E-state index contributed by atoms with van der Waals surface area (Å²) in [6.45, 7) is 4.41. The molecule has 0 saturated carbocycles. The molecule has 9 nitrogen and oxygen atoms in total. The Morgan fingerprint density at radius 2 is 0.606 bits per heavy atom. The van der Waals surface area contributed by atoms with Crippen molar-refractivity contribution in [1.29, 1.82) is 0 Å². The topological polar surface area (TPSA) is 108 Å². The SMILES string of the molecule is CC/C=C\C/C=C\C/C=C\C/C=C\CCCCCCCCCCCCCCCCCCCCCCC(=O)OC(COC(=O)CCCCCCCCCCCCCCCCCCCCCCCCCCCCCCCCCCCCCCC)COP(=O)(O)OCC[N+](C)(C)C. The number of phosphoric acid groups is 1. The third-order valence-electron chi connectivity index (χ3n) is 18.9. The molecule has 0 spiro atoms. The summed E-state index contributed by atoms with van der Waals surface area (Å²) in [6.07, 6.45) is 100.0. The molecule has 0 rings (SSSR count). The Kier molecular flexibility index (Phi) is 73.6. The third kappa shape index (κ3) is 79.0.